The van der Waals surface area contributed by atoms with Crippen molar-refractivity contribution in [3.63, 3.8) is 0 Å². The van der Waals surface area contributed by atoms with E-state index >= 15 is 0 Å². The number of fused-ring (bicyclic) bond motifs is 2. The van der Waals surface area contributed by atoms with Gasteiger partial charge in [-0.05, 0) is 30.4 Å². The van der Waals surface area contributed by atoms with Crippen LogP contribution in [0.25, 0.3) is 5.65 Å². The summed E-state index contributed by atoms with van der Waals surface area (Å²) >= 11 is 0. The first-order valence-electron chi connectivity index (χ1n) is 10.4. The van der Waals surface area contributed by atoms with E-state index in [9.17, 15) is 4.79 Å². The zero-order valence-corrected chi connectivity index (χ0v) is 16.5. The average Bonchev–Trinajstić information content (AvgIpc) is 3.48. The predicted molar refractivity (Wildman–Crippen MR) is 110 cm³/mol. The fraction of sp³-hybridized carbons (Fsp3) is 0.429. The molecule has 0 atom stereocenters. The van der Waals surface area contributed by atoms with Crippen molar-refractivity contribution < 1.29 is 9.53 Å². The molecule has 154 valence electrons. The van der Waals surface area contributed by atoms with E-state index in [1.165, 1.54) is 0 Å². The lowest BCUT2D eigenvalue weighted by atomic mass is 10.0. The Kier molecular flexibility index (Phi) is 4.00. The molecule has 9 nitrogen and oxygen atoms in total. The fourth-order valence-corrected chi connectivity index (χ4v) is 4.37. The van der Waals surface area contributed by atoms with Gasteiger partial charge in [0.05, 0.1) is 36.8 Å². The minimum absolute atomic E-state index is 0.184. The number of carbonyl (C=O) groups excluding carboxylic acids is 1. The lowest BCUT2D eigenvalue weighted by molar-refractivity contribution is -0.0697. The Bertz CT molecular complexity index is 1150. The first-order valence-corrected chi connectivity index (χ1v) is 10.4. The van der Waals surface area contributed by atoms with Gasteiger partial charge in [0.1, 0.15) is 5.56 Å². The van der Waals surface area contributed by atoms with Crippen LogP contribution in [-0.2, 0) is 17.7 Å². The van der Waals surface area contributed by atoms with Gasteiger partial charge in [0.25, 0.3) is 5.91 Å². The fourth-order valence-electron chi connectivity index (χ4n) is 4.37. The summed E-state index contributed by atoms with van der Waals surface area (Å²) in [4.78, 5) is 24.5. The Morgan fingerprint density at radius 3 is 2.93 bits per heavy atom. The topological polar surface area (TPSA) is 111 Å². The van der Waals surface area contributed by atoms with E-state index in [2.05, 4.69) is 20.3 Å². The van der Waals surface area contributed by atoms with Crippen LogP contribution >= 0.6 is 0 Å². The van der Waals surface area contributed by atoms with Crippen molar-refractivity contribution in [3.8, 4) is 0 Å². The molecule has 3 aromatic rings. The Balaban J connectivity index is 1.32. The highest BCUT2D eigenvalue weighted by atomic mass is 16.5. The lowest BCUT2D eigenvalue weighted by Gasteiger charge is -2.39. The van der Waals surface area contributed by atoms with Crippen LogP contribution < -0.4 is 11.1 Å². The van der Waals surface area contributed by atoms with Gasteiger partial charge in [-0.2, -0.15) is 0 Å². The maximum atomic E-state index is 13.1. The summed E-state index contributed by atoms with van der Waals surface area (Å²) in [5, 5.41) is 7.36. The van der Waals surface area contributed by atoms with Crippen molar-refractivity contribution in [1.82, 2.24) is 24.5 Å². The molecule has 0 radical (unpaired) electrons. The number of rotatable bonds is 4. The first kappa shape index (κ1) is 17.8. The van der Waals surface area contributed by atoms with Crippen LogP contribution in [0.15, 0.2) is 24.7 Å². The van der Waals surface area contributed by atoms with Gasteiger partial charge >= 0.3 is 0 Å². The second-order valence-corrected chi connectivity index (χ2v) is 8.34. The van der Waals surface area contributed by atoms with Gasteiger partial charge in [-0.3, -0.25) is 14.7 Å². The molecule has 0 aromatic carbocycles. The normalized spacial score (nSPS) is 19.5. The van der Waals surface area contributed by atoms with Gasteiger partial charge in [-0.25, -0.2) is 9.50 Å². The minimum atomic E-state index is -0.297. The number of nitrogens with two attached hydrogens (primary N) is 1. The average molecular weight is 405 g/mol. The standard InChI is InChI=1S/C21H23N7O2/c22-19-18(21(29)25-17-7-23-5-3-15(17)12-1-2-12)20-24-16-4-6-27(14-10-30-11-14)8-13(16)9-28(20)26-19/h3,5,7,9,12,14H,1-2,4,6,8,10-11H2,(H2,22,26)(H,25,29). The number of hydrogen-bond donors (Lipinski definition) is 2. The van der Waals surface area contributed by atoms with Crippen LogP contribution in [0.2, 0.25) is 0 Å². The summed E-state index contributed by atoms with van der Waals surface area (Å²) in [5.41, 5.74) is 11.0. The molecule has 6 rings (SSSR count). The van der Waals surface area contributed by atoms with Gasteiger partial charge in [0.15, 0.2) is 11.5 Å². The van der Waals surface area contributed by atoms with E-state index in [1.54, 1.807) is 16.9 Å². The molecule has 2 fully saturated rings. The van der Waals surface area contributed by atoms with Crippen molar-refractivity contribution in [2.45, 2.75) is 37.8 Å². The van der Waals surface area contributed by atoms with Crippen LogP contribution in [0.1, 0.15) is 45.9 Å². The van der Waals surface area contributed by atoms with E-state index in [0.717, 1.165) is 68.1 Å². The molecular weight excluding hydrogens is 382 g/mol. The van der Waals surface area contributed by atoms with E-state index in [0.29, 0.717) is 23.2 Å². The van der Waals surface area contributed by atoms with Gasteiger partial charge < -0.3 is 15.8 Å². The molecule has 0 spiro atoms. The Labute approximate surface area is 173 Å². The van der Waals surface area contributed by atoms with Crippen molar-refractivity contribution in [2.75, 3.05) is 30.8 Å². The molecule has 0 bridgehead atoms. The molecule has 0 unspecified atom stereocenters. The highest BCUT2D eigenvalue weighted by Gasteiger charge is 2.31. The molecule has 3 aromatic heterocycles. The number of pyridine rings is 1. The van der Waals surface area contributed by atoms with Gasteiger partial charge in [-0.1, -0.05) is 0 Å². The largest absolute Gasteiger partial charge is 0.381 e. The van der Waals surface area contributed by atoms with Gasteiger partial charge in [0.2, 0.25) is 0 Å². The molecule has 3 aliphatic rings. The Hall–Kier alpha value is -3.04. The van der Waals surface area contributed by atoms with Crippen molar-refractivity contribution >= 4 is 23.1 Å². The number of nitrogens with zero attached hydrogens (tertiary/aromatic N) is 5. The summed E-state index contributed by atoms with van der Waals surface area (Å²) in [6.07, 6.45) is 8.54. The minimum Gasteiger partial charge on any atom is -0.381 e. The molecule has 1 saturated heterocycles. The highest BCUT2D eigenvalue weighted by Crippen LogP contribution is 2.43. The van der Waals surface area contributed by atoms with Gasteiger partial charge in [-0.15, -0.1) is 5.10 Å². The molecule has 1 aliphatic carbocycles. The summed E-state index contributed by atoms with van der Waals surface area (Å²) in [7, 11) is 0. The van der Waals surface area contributed by atoms with Crippen LogP contribution in [-0.4, -0.2) is 56.2 Å². The van der Waals surface area contributed by atoms with Crippen molar-refractivity contribution in [3.05, 3.63) is 47.0 Å². The molecule has 1 amide bonds. The van der Waals surface area contributed by atoms with E-state index in [1.807, 2.05) is 12.3 Å². The van der Waals surface area contributed by atoms with Crippen LogP contribution in [0.3, 0.4) is 0 Å². The monoisotopic (exact) mass is 405 g/mol. The number of ether oxygens (including phenoxy) is 1. The Morgan fingerprint density at radius 2 is 2.17 bits per heavy atom. The summed E-state index contributed by atoms with van der Waals surface area (Å²) in [6, 6.07) is 2.46. The molecule has 5 heterocycles. The van der Waals surface area contributed by atoms with E-state index in [4.69, 9.17) is 15.5 Å². The summed E-state index contributed by atoms with van der Waals surface area (Å²) in [5.74, 6) is 0.385. The third kappa shape index (κ3) is 2.93. The first-order chi connectivity index (χ1) is 14.7. The zero-order chi connectivity index (χ0) is 20.2. The highest BCUT2D eigenvalue weighted by molar-refractivity contribution is 6.11. The van der Waals surface area contributed by atoms with Gasteiger partial charge in [0, 0.05) is 37.5 Å². The number of anilines is 2. The number of amides is 1. The number of aromatic nitrogens is 4. The smallest absolute Gasteiger partial charge is 0.263 e. The molecule has 2 aliphatic heterocycles. The predicted octanol–water partition coefficient (Wildman–Crippen LogP) is 1.59. The van der Waals surface area contributed by atoms with Crippen LogP contribution in [0, 0.1) is 0 Å². The zero-order valence-electron chi connectivity index (χ0n) is 16.5. The molecule has 9 heteroatoms. The molecule has 3 N–H and O–H groups in total. The Morgan fingerprint density at radius 1 is 1.30 bits per heavy atom. The van der Waals surface area contributed by atoms with E-state index < -0.39 is 0 Å². The second kappa shape index (κ2) is 6.75. The lowest BCUT2D eigenvalue weighted by Crippen LogP contribution is -2.50. The molecule has 1 saturated carbocycles. The third-order valence-electron chi connectivity index (χ3n) is 6.30. The molecule has 30 heavy (non-hydrogen) atoms. The maximum absolute atomic E-state index is 13.1. The number of nitrogens with one attached hydrogen (secondary N) is 1. The number of hydrogen-bond acceptors (Lipinski definition) is 7. The number of carbonyl (C=O) groups is 1. The number of nitrogen functional groups attached to an aromatic ring is 1. The molecular formula is C21H23N7O2. The maximum Gasteiger partial charge on any atom is 0.263 e. The van der Waals surface area contributed by atoms with Crippen LogP contribution in [0.4, 0.5) is 11.5 Å². The van der Waals surface area contributed by atoms with Crippen molar-refractivity contribution in [1.29, 1.82) is 0 Å². The van der Waals surface area contributed by atoms with Crippen molar-refractivity contribution in [2.24, 2.45) is 0 Å². The summed E-state index contributed by atoms with van der Waals surface area (Å²) < 4.78 is 6.96. The van der Waals surface area contributed by atoms with E-state index in [-0.39, 0.29) is 11.7 Å². The summed E-state index contributed by atoms with van der Waals surface area (Å²) in [6.45, 7) is 3.34. The SMILES string of the molecule is Nc1nn2cc3c(nc2c1C(=O)Nc1cnccc1C1CC1)CCN(C1COC1)C3. The second-order valence-electron chi connectivity index (χ2n) is 8.34. The third-order valence-corrected chi connectivity index (χ3v) is 6.30. The van der Waals surface area contributed by atoms with Crippen LogP contribution in [0.5, 0.6) is 0 Å². The quantitative estimate of drug-likeness (QED) is 0.678.